The Morgan fingerprint density at radius 2 is 2.00 bits per heavy atom. The Labute approximate surface area is 157 Å². The maximum atomic E-state index is 12.1. The van der Waals surface area contributed by atoms with E-state index < -0.39 is 0 Å². The molecule has 0 bridgehead atoms. The smallest absolute Gasteiger partial charge is 0.250 e. The maximum absolute atomic E-state index is 12.1. The molecule has 0 radical (unpaired) electrons. The molecule has 1 amide bonds. The van der Waals surface area contributed by atoms with Gasteiger partial charge in [-0.25, -0.2) is 4.98 Å². The second-order valence-corrected chi connectivity index (χ2v) is 7.52. The van der Waals surface area contributed by atoms with Crippen LogP contribution in [0.1, 0.15) is 44.3 Å². The van der Waals surface area contributed by atoms with Crippen LogP contribution in [0.3, 0.4) is 0 Å². The highest BCUT2D eigenvalue weighted by Crippen LogP contribution is 2.33. The van der Waals surface area contributed by atoms with Crippen LogP contribution in [0.2, 0.25) is 0 Å². The minimum Gasteiger partial charge on any atom is -0.345 e. The molecule has 6 heteroatoms. The van der Waals surface area contributed by atoms with Crippen LogP contribution in [0, 0.1) is 0 Å². The lowest BCUT2D eigenvalue weighted by Gasteiger charge is -2.28. The van der Waals surface area contributed by atoms with Crippen LogP contribution in [0.25, 0.3) is 22.2 Å². The summed E-state index contributed by atoms with van der Waals surface area (Å²) in [5.74, 6) is 0.410. The van der Waals surface area contributed by atoms with Crippen molar-refractivity contribution in [3.8, 4) is 11.1 Å². The highest BCUT2D eigenvalue weighted by atomic mass is 16.1. The van der Waals surface area contributed by atoms with Gasteiger partial charge in [-0.05, 0) is 56.0 Å². The number of rotatable bonds is 4. The summed E-state index contributed by atoms with van der Waals surface area (Å²) in [7, 11) is 0. The molecule has 0 saturated carbocycles. The van der Waals surface area contributed by atoms with Crippen molar-refractivity contribution in [2.24, 2.45) is 0 Å². The van der Waals surface area contributed by atoms with E-state index >= 15 is 0 Å². The summed E-state index contributed by atoms with van der Waals surface area (Å²) >= 11 is 0. The minimum absolute atomic E-state index is 0.00995. The number of fused-ring (bicyclic) bond motifs is 1. The van der Waals surface area contributed by atoms with E-state index in [4.69, 9.17) is 0 Å². The quantitative estimate of drug-likeness (QED) is 0.722. The Bertz CT molecular complexity index is 1030. The molecule has 4 heterocycles. The SMILES string of the molecule is CC(C)n1cc(-c2ccnc3[nH]c(C4CCN(C=O)CC4)cc23)ccc1=O. The van der Waals surface area contributed by atoms with Crippen molar-refractivity contribution in [2.75, 3.05) is 13.1 Å². The standard InChI is InChI=1S/C21H24N4O2/c1-14(2)25-12-16(3-4-20(25)27)17-5-8-22-21-18(17)11-19(23-21)15-6-9-24(13-26)10-7-15/h3-5,8,11-15H,6-7,9-10H2,1-2H3,(H,22,23). The van der Waals surface area contributed by atoms with Crippen molar-refractivity contribution in [1.29, 1.82) is 0 Å². The lowest BCUT2D eigenvalue weighted by atomic mass is 9.93. The first-order valence-corrected chi connectivity index (χ1v) is 9.46. The molecule has 0 spiro atoms. The van der Waals surface area contributed by atoms with Crippen molar-refractivity contribution in [3.63, 3.8) is 0 Å². The van der Waals surface area contributed by atoms with E-state index in [0.717, 1.165) is 54.5 Å². The zero-order chi connectivity index (χ0) is 19.0. The van der Waals surface area contributed by atoms with Crippen LogP contribution in [0.4, 0.5) is 0 Å². The molecule has 140 valence electrons. The lowest BCUT2D eigenvalue weighted by molar-refractivity contribution is -0.119. The summed E-state index contributed by atoms with van der Waals surface area (Å²) in [5.41, 5.74) is 4.13. The van der Waals surface area contributed by atoms with E-state index in [1.54, 1.807) is 16.8 Å². The number of H-pyrrole nitrogens is 1. The number of piperidine rings is 1. The van der Waals surface area contributed by atoms with Crippen LogP contribution in [0.15, 0.2) is 41.5 Å². The largest absolute Gasteiger partial charge is 0.345 e. The molecular formula is C21H24N4O2. The highest BCUT2D eigenvalue weighted by Gasteiger charge is 2.22. The van der Waals surface area contributed by atoms with Gasteiger partial charge in [-0.3, -0.25) is 9.59 Å². The summed E-state index contributed by atoms with van der Waals surface area (Å²) in [6.07, 6.45) is 6.58. The Balaban J connectivity index is 1.73. The van der Waals surface area contributed by atoms with Gasteiger partial charge in [-0.2, -0.15) is 0 Å². The number of nitrogens with one attached hydrogen (secondary N) is 1. The summed E-state index contributed by atoms with van der Waals surface area (Å²) < 4.78 is 1.75. The fourth-order valence-electron chi connectivity index (χ4n) is 3.90. The minimum atomic E-state index is 0.00995. The average molecular weight is 364 g/mol. The molecule has 0 unspecified atom stereocenters. The summed E-state index contributed by atoms with van der Waals surface area (Å²) in [4.78, 5) is 32.8. The van der Waals surface area contributed by atoms with Gasteiger partial charge in [-0.15, -0.1) is 0 Å². The fraction of sp³-hybridized carbons (Fsp3) is 0.381. The molecule has 1 aliphatic heterocycles. The number of carbonyl (C=O) groups excluding carboxylic acids is 1. The number of amides is 1. The van der Waals surface area contributed by atoms with Gasteiger partial charge in [0.15, 0.2) is 0 Å². The van der Waals surface area contributed by atoms with E-state index in [1.165, 1.54) is 5.69 Å². The van der Waals surface area contributed by atoms with Gasteiger partial charge in [0.25, 0.3) is 5.56 Å². The number of likely N-dealkylation sites (tertiary alicyclic amines) is 1. The van der Waals surface area contributed by atoms with Gasteiger partial charge < -0.3 is 14.5 Å². The van der Waals surface area contributed by atoms with Crippen molar-refractivity contribution >= 4 is 17.4 Å². The molecule has 1 saturated heterocycles. The van der Waals surface area contributed by atoms with Gasteiger partial charge in [0.2, 0.25) is 6.41 Å². The Morgan fingerprint density at radius 3 is 2.70 bits per heavy atom. The van der Waals surface area contributed by atoms with Crippen molar-refractivity contribution in [1.82, 2.24) is 19.4 Å². The summed E-state index contributed by atoms with van der Waals surface area (Å²) in [6.45, 7) is 5.60. The van der Waals surface area contributed by atoms with E-state index in [0.29, 0.717) is 5.92 Å². The van der Waals surface area contributed by atoms with Gasteiger partial charge in [-0.1, -0.05) is 0 Å². The molecule has 3 aromatic rings. The molecule has 0 atom stereocenters. The zero-order valence-corrected chi connectivity index (χ0v) is 15.7. The summed E-state index contributed by atoms with van der Waals surface area (Å²) in [6, 6.07) is 7.80. The van der Waals surface area contributed by atoms with Crippen LogP contribution in [-0.4, -0.2) is 38.9 Å². The van der Waals surface area contributed by atoms with Gasteiger partial charge in [0, 0.05) is 54.6 Å². The molecule has 1 fully saturated rings. The number of carbonyl (C=O) groups is 1. The van der Waals surface area contributed by atoms with Crippen molar-refractivity contribution < 1.29 is 4.79 Å². The number of aromatic amines is 1. The summed E-state index contributed by atoms with van der Waals surface area (Å²) in [5, 5.41) is 1.07. The number of pyridine rings is 2. The normalized spacial score (nSPS) is 15.6. The molecule has 0 aliphatic carbocycles. The monoisotopic (exact) mass is 364 g/mol. The Hall–Kier alpha value is -2.89. The molecule has 3 aromatic heterocycles. The van der Waals surface area contributed by atoms with Crippen LogP contribution < -0.4 is 5.56 Å². The van der Waals surface area contributed by atoms with E-state index in [-0.39, 0.29) is 11.6 Å². The Kier molecular flexibility index (Phi) is 4.56. The molecule has 27 heavy (non-hydrogen) atoms. The van der Waals surface area contributed by atoms with E-state index in [1.807, 2.05) is 37.1 Å². The second-order valence-electron chi connectivity index (χ2n) is 7.52. The number of aromatic nitrogens is 3. The Morgan fingerprint density at radius 1 is 1.22 bits per heavy atom. The van der Waals surface area contributed by atoms with Gasteiger partial charge >= 0.3 is 0 Å². The second kappa shape index (κ2) is 7.02. The molecule has 6 nitrogen and oxygen atoms in total. The average Bonchev–Trinajstić information content (AvgIpc) is 3.12. The number of nitrogens with zero attached hydrogens (tertiary/aromatic N) is 3. The number of hydrogen-bond acceptors (Lipinski definition) is 3. The third kappa shape index (κ3) is 3.27. The fourth-order valence-corrected chi connectivity index (χ4v) is 3.90. The van der Waals surface area contributed by atoms with Gasteiger partial charge in [0.05, 0.1) is 0 Å². The van der Waals surface area contributed by atoms with Crippen molar-refractivity contribution in [3.05, 3.63) is 52.7 Å². The predicted molar refractivity (Wildman–Crippen MR) is 106 cm³/mol. The molecule has 1 aliphatic rings. The molecule has 0 aromatic carbocycles. The first-order chi connectivity index (χ1) is 13.1. The van der Waals surface area contributed by atoms with Crippen LogP contribution >= 0.6 is 0 Å². The zero-order valence-electron chi connectivity index (χ0n) is 15.7. The number of hydrogen-bond donors (Lipinski definition) is 1. The predicted octanol–water partition coefficient (Wildman–Crippen LogP) is 3.31. The highest BCUT2D eigenvalue weighted by molar-refractivity contribution is 5.93. The maximum Gasteiger partial charge on any atom is 0.250 e. The topological polar surface area (TPSA) is 71.0 Å². The van der Waals surface area contributed by atoms with E-state index in [9.17, 15) is 9.59 Å². The third-order valence-electron chi connectivity index (χ3n) is 5.48. The van der Waals surface area contributed by atoms with Gasteiger partial charge in [0.1, 0.15) is 5.65 Å². The first-order valence-electron chi connectivity index (χ1n) is 9.46. The first kappa shape index (κ1) is 17.5. The molecule has 4 rings (SSSR count). The molecular weight excluding hydrogens is 340 g/mol. The van der Waals surface area contributed by atoms with Crippen LogP contribution in [-0.2, 0) is 4.79 Å². The van der Waals surface area contributed by atoms with E-state index in [2.05, 4.69) is 16.0 Å². The lowest BCUT2D eigenvalue weighted by Crippen LogP contribution is -2.31. The van der Waals surface area contributed by atoms with Crippen molar-refractivity contribution in [2.45, 2.75) is 38.6 Å². The molecule has 1 N–H and O–H groups in total. The van der Waals surface area contributed by atoms with Crippen LogP contribution in [0.5, 0.6) is 0 Å². The third-order valence-corrected chi connectivity index (χ3v) is 5.48.